The molecule has 1 atom stereocenters. The minimum atomic E-state index is -0.508. The molecule has 0 unspecified atom stereocenters. The van der Waals surface area contributed by atoms with E-state index in [9.17, 15) is 4.79 Å². The Morgan fingerprint density at radius 1 is 1.18 bits per heavy atom. The van der Waals surface area contributed by atoms with Crippen LogP contribution in [0, 0.1) is 0 Å². The van der Waals surface area contributed by atoms with Crippen molar-refractivity contribution in [3.8, 4) is 5.75 Å². The summed E-state index contributed by atoms with van der Waals surface area (Å²) in [5.41, 5.74) is 3.02. The van der Waals surface area contributed by atoms with Crippen LogP contribution in [0.25, 0.3) is 0 Å². The van der Waals surface area contributed by atoms with Gasteiger partial charge in [0.2, 0.25) is 0 Å². The first-order valence-electron chi connectivity index (χ1n) is 9.92. The summed E-state index contributed by atoms with van der Waals surface area (Å²) in [6, 6.07) is 16.4. The number of hydrogen-bond donors (Lipinski definition) is 2. The maximum atomic E-state index is 12.3. The second-order valence-corrected chi connectivity index (χ2v) is 8.17. The molecule has 0 aliphatic carbocycles. The summed E-state index contributed by atoms with van der Waals surface area (Å²) >= 11 is 0. The number of nitrogens with one attached hydrogen (secondary N) is 2. The van der Waals surface area contributed by atoms with Crippen LogP contribution in [0.5, 0.6) is 5.75 Å². The van der Waals surface area contributed by atoms with Crippen LogP contribution >= 0.6 is 0 Å². The smallest absolute Gasteiger partial charge is 0.407 e. The molecule has 2 N–H and O–H groups in total. The highest BCUT2D eigenvalue weighted by Gasteiger charge is 2.20. The summed E-state index contributed by atoms with van der Waals surface area (Å²) in [6.45, 7) is 7.14. The zero-order valence-electron chi connectivity index (χ0n) is 17.0. The van der Waals surface area contributed by atoms with Gasteiger partial charge >= 0.3 is 6.09 Å². The van der Waals surface area contributed by atoms with Gasteiger partial charge in [-0.2, -0.15) is 0 Å². The molecule has 0 saturated carbocycles. The monoisotopic (exact) mass is 382 g/mol. The molecular weight excluding hydrogens is 352 g/mol. The Bertz CT molecular complexity index is 784. The Hall–Kier alpha value is -2.69. The Morgan fingerprint density at radius 2 is 1.96 bits per heavy atom. The predicted molar refractivity (Wildman–Crippen MR) is 112 cm³/mol. The van der Waals surface area contributed by atoms with Gasteiger partial charge in [-0.25, -0.2) is 4.79 Å². The van der Waals surface area contributed by atoms with Crippen molar-refractivity contribution < 1.29 is 14.3 Å². The van der Waals surface area contributed by atoms with E-state index in [4.69, 9.17) is 9.47 Å². The average molecular weight is 383 g/mol. The topological polar surface area (TPSA) is 59.6 Å². The quantitative estimate of drug-likeness (QED) is 0.737. The Morgan fingerprint density at radius 3 is 2.71 bits per heavy atom. The third-order valence-corrected chi connectivity index (χ3v) is 4.56. The molecule has 0 radical (unpaired) electrons. The molecule has 1 aliphatic heterocycles. The molecule has 0 aromatic heterocycles. The van der Waals surface area contributed by atoms with E-state index >= 15 is 0 Å². The fraction of sp³-hybridized carbons (Fsp3) is 0.435. The van der Waals surface area contributed by atoms with Crippen molar-refractivity contribution in [2.24, 2.45) is 0 Å². The zero-order chi connectivity index (χ0) is 20.0. The number of ether oxygens (including phenoxy) is 2. The number of carbonyl (C=O) groups is 1. The van der Waals surface area contributed by atoms with Crippen molar-refractivity contribution in [3.63, 3.8) is 0 Å². The van der Waals surface area contributed by atoms with E-state index in [-0.39, 0.29) is 12.1 Å². The SMILES string of the molecule is CC(C)(C)OC(=O)N[C@@H](CCNc1ccc2c(c1)CCO2)Cc1ccccc1. The van der Waals surface area contributed by atoms with Crippen LogP contribution in [0.15, 0.2) is 48.5 Å². The van der Waals surface area contributed by atoms with Crippen LogP contribution < -0.4 is 15.4 Å². The third kappa shape index (κ3) is 6.19. The van der Waals surface area contributed by atoms with Gasteiger partial charge in [0.05, 0.1) is 6.61 Å². The van der Waals surface area contributed by atoms with Crippen molar-refractivity contribution in [1.29, 1.82) is 0 Å². The van der Waals surface area contributed by atoms with Crippen molar-refractivity contribution in [2.75, 3.05) is 18.5 Å². The van der Waals surface area contributed by atoms with Gasteiger partial charge in [0.1, 0.15) is 11.4 Å². The van der Waals surface area contributed by atoms with E-state index in [1.54, 1.807) is 0 Å². The van der Waals surface area contributed by atoms with Gasteiger partial charge in [-0.05, 0) is 62.9 Å². The molecule has 0 saturated heterocycles. The van der Waals surface area contributed by atoms with E-state index in [0.717, 1.165) is 43.9 Å². The van der Waals surface area contributed by atoms with Crippen molar-refractivity contribution in [1.82, 2.24) is 5.32 Å². The molecule has 2 aromatic carbocycles. The minimum absolute atomic E-state index is 0.0116. The van der Waals surface area contributed by atoms with Crippen LogP contribution in [-0.4, -0.2) is 30.9 Å². The molecule has 3 rings (SSSR count). The van der Waals surface area contributed by atoms with E-state index < -0.39 is 5.60 Å². The lowest BCUT2D eigenvalue weighted by molar-refractivity contribution is 0.0502. The number of hydrogen-bond acceptors (Lipinski definition) is 4. The van der Waals surface area contributed by atoms with Gasteiger partial charge in [-0.1, -0.05) is 30.3 Å². The van der Waals surface area contributed by atoms with Crippen LogP contribution in [0.3, 0.4) is 0 Å². The molecule has 2 aromatic rings. The molecule has 1 amide bonds. The van der Waals surface area contributed by atoms with Gasteiger partial charge in [0, 0.05) is 24.7 Å². The van der Waals surface area contributed by atoms with Gasteiger partial charge < -0.3 is 20.1 Å². The molecule has 5 nitrogen and oxygen atoms in total. The second-order valence-electron chi connectivity index (χ2n) is 8.17. The lowest BCUT2D eigenvalue weighted by Gasteiger charge is -2.24. The van der Waals surface area contributed by atoms with Gasteiger partial charge in [0.15, 0.2) is 0 Å². The molecule has 28 heavy (non-hydrogen) atoms. The van der Waals surface area contributed by atoms with Gasteiger partial charge in [0.25, 0.3) is 0 Å². The largest absolute Gasteiger partial charge is 0.493 e. The van der Waals surface area contributed by atoms with E-state index in [1.165, 1.54) is 11.1 Å². The van der Waals surface area contributed by atoms with Crippen LogP contribution in [0.4, 0.5) is 10.5 Å². The molecule has 0 fully saturated rings. The lowest BCUT2D eigenvalue weighted by atomic mass is 10.0. The number of fused-ring (bicyclic) bond motifs is 1. The number of amides is 1. The van der Waals surface area contributed by atoms with E-state index in [2.05, 4.69) is 28.8 Å². The Balaban J connectivity index is 1.57. The highest BCUT2D eigenvalue weighted by Crippen LogP contribution is 2.27. The van der Waals surface area contributed by atoms with Crippen molar-refractivity contribution in [2.45, 2.75) is 51.7 Å². The molecule has 150 valence electrons. The highest BCUT2D eigenvalue weighted by molar-refractivity contribution is 5.68. The van der Waals surface area contributed by atoms with Crippen LogP contribution in [0.2, 0.25) is 0 Å². The third-order valence-electron chi connectivity index (χ3n) is 4.56. The Kier molecular flexibility index (Phi) is 6.45. The first-order chi connectivity index (χ1) is 13.4. The summed E-state index contributed by atoms with van der Waals surface area (Å²) in [4.78, 5) is 12.3. The molecule has 1 heterocycles. The number of benzene rings is 2. The zero-order valence-corrected chi connectivity index (χ0v) is 17.0. The van der Waals surface area contributed by atoms with Gasteiger partial charge in [-0.15, -0.1) is 0 Å². The van der Waals surface area contributed by atoms with E-state index in [1.807, 2.05) is 51.1 Å². The minimum Gasteiger partial charge on any atom is -0.493 e. The summed E-state index contributed by atoms with van der Waals surface area (Å²) in [5, 5.41) is 6.49. The second kappa shape index (κ2) is 9.00. The first kappa shape index (κ1) is 20.1. The van der Waals surface area contributed by atoms with E-state index in [0.29, 0.717) is 0 Å². The average Bonchev–Trinajstić information content (AvgIpc) is 3.08. The molecule has 0 spiro atoms. The fourth-order valence-corrected chi connectivity index (χ4v) is 3.29. The van der Waals surface area contributed by atoms with Crippen molar-refractivity contribution >= 4 is 11.8 Å². The maximum Gasteiger partial charge on any atom is 0.407 e. The normalized spacial score (nSPS) is 14.0. The van der Waals surface area contributed by atoms with Crippen LogP contribution in [0.1, 0.15) is 38.3 Å². The highest BCUT2D eigenvalue weighted by atomic mass is 16.6. The summed E-state index contributed by atoms with van der Waals surface area (Å²) < 4.78 is 11.0. The first-order valence-corrected chi connectivity index (χ1v) is 9.92. The number of anilines is 1. The molecular formula is C23H30N2O3. The standard InChI is InChI=1S/C23H30N2O3/c1-23(2,3)28-22(26)25-20(15-17-7-5-4-6-8-17)11-13-24-19-9-10-21-18(16-19)12-14-27-21/h4-10,16,20,24H,11-15H2,1-3H3,(H,25,26)/t20-/m0/s1. The molecule has 5 heteroatoms. The molecule has 0 bridgehead atoms. The van der Waals surface area contributed by atoms with Crippen molar-refractivity contribution in [3.05, 3.63) is 59.7 Å². The number of carbonyl (C=O) groups excluding carboxylic acids is 1. The lowest BCUT2D eigenvalue weighted by Crippen LogP contribution is -2.41. The van der Waals surface area contributed by atoms with Crippen LogP contribution in [-0.2, 0) is 17.6 Å². The summed E-state index contributed by atoms with van der Waals surface area (Å²) in [6.07, 6.45) is 2.14. The number of rotatable bonds is 7. The summed E-state index contributed by atoms with van der Waals surface area (Å²) in [7, 11) is 0. The Labute approximate surface area is 167 Å². The molecule has 1 aliphatic rings. The fourth-order valence-electron chi connectivity index (χ4n) is 3.29. The number of alkyl carbamates (subject to hydrolysis) is 1. The maximum absolute atomic E-state index is 12.3. The van der Waals surface area contributed by atoms with Gasteiger partial charge in [-0.3, -0.25) is 0 Å². The summed E-state index contributed by atoms with van der Waals surface area (Å²) in [5.74, 6) is 0.985. The predicted octanol–water partition coefficient (Wildman–Crippen LogP) is 4.56.